The Morgan fingerprint density at radius 2 is 1.81 bits per heavy atom. The summed E-state index contributed by atoms with van der Waals surface area (Å²) < 4.78 is 12.6. The van der Waals surface area contributed by atoms with Gasteiger partial charge in [-0.05, 0) is 60.7 Å². The van der Waals surface area contributed by atoms with Gasteiger partial charge >= 0.3 is 0 Å². The first-order valence-electron chi connectivity index (χ1n) is 11.8. The SMILES string of the molecule is CCCc1cc(N2CCC[C@H]2COC)cc(-c2ccccc2)c1O[Si](C)(C)C(C)(C)C. The van der Waals surface area contributed by atoms with Gasteiger partial charge in [-0.3, -0.25) is 0 Å². The minimum Gasteiger partial charge on any atom is -0.543 e. The molecule has 1 heterocycles. The van der Waals surface area contributed by atoms with Crippen molar-refractivity contribution in [2.45, 2.75) is 77.6 Å². The summed E-state index contributed by atoms with van der Waals surface area (Å²) in [6.07, 6.45) is 4.55. The summed E-state index contributed by atoms with van der Waals surface area (Å²) >= 11 is 0. The van der Waals surface area contributed by atoms with E-state index in [1.165, 1.54) is 35.2 Å². The van der Waals surface area contributed by atoms with Crippen LogP contribution in [0.5, 0.6) is 5.75 Å². The van der Waals surface area contributed by atoms with Crippen LogP contribution in [-0.4, -0.2) is 34.6 Å². The predicted octanol–water partition coefficient (Wildman–Crippen LogP) is 7.31. The Morgan fingerprint density at radius 3 is 2.42 bits per heavy atom. The number of methoxy groups -OCH3 is 1. The maximum Gasteiger partial charge on any atom is 0.250 e. The van der Waals surface area contributed by atoms with Crippen LogP contribution in [0.15, 0.2) is 42.5 Å². The number of nitrogens with zero attached hydrogens (tertiary/aromatic N) is 1. The van der Waals surface area contributed by atoms with E-state index in [0.29, 0.717) is 6.04 Å². The molecule has 2 aromatic carbocycles. The van der Waals surface area contributed by atoms with Gasteiger partial charge in [0, 0.05) is 24.9 Å². The minimum atomic E-state index is -1.98. The second kappa shape index (κ2) is 9.79. The Hall–Kier alpha value is -1.78. The molecular weight excluding hydrogens is 398 g/mol. The van der Waals surface area contributed by atoms with Gasteiger partial charge in [-0.1, -0.05) is 64.4 Å². The summed E-state index contributed by atoms with van der Waals surface area (Å²) in [5.74, 6) is 1.10. The molecule has 1 fully saturated rings. The lowest BCUT2D eigenvalue weighted by Gasteiger charge is -2.38. The highest BCUT2D eigenvalue weighted by atomic mass is 28.4. The molecule has 0 N–H and O–H groups in total. The van der Waals surface area contributed by atoms with E-state index in [-0.39, 0.29) is 5.04 Å². The van der Waals surface area contributed by atoms with Crippen molar-refractivity contribution < 1.29 is 9.16 Å². The lowest BCUT2D eigenvalue weighted by atomic mass is 9.97. The van der Waals surface area contributed by atoms with Crippen molar-refractivity contribution >= 4 is 14.0 Å². The molecule has 1 aliphatic rings. The lowest BCUT2D eigenvalue weighted by Crippen LogP contribution is -2.44. The molecule has 170 valence electrons. The van der Waals surface area contributed by atoms with Gasteiger partial charge in [-0.25, -0.2) is 0 Å². The van der Waals surface area contributed by atoms with Crippen LogP contribution < -0.4 is 9.33 Å². The average Bonchev–Trinajstić information content (AvgIpc) is 3.17. The zero-order valence-electron chi connectivity index (χ0n) is 20.6. The zero-order valence-corrected chi connectivity index (χ0v) is 21.6. The highest BCUT2D eigenvalue weighted by molar-refractivity contribution is 6.74. The van der Waals surface area contributed by atoms with E-state index in [9.17, 15) is 0 Å². The van der Waals surface area contributed by atoms with Crippen molar-refractivity contribution in [3.8, 4) is 16.9 Å². The van der Waals surface area contributed by atoms with Crippen molar-refractivity contribution in [2.24, 2.45) is 0 Å². The van der Waals surface area contributed by atoms with Crippen molar-refractivity contribution in [1.82, 2.24) is 0 Å². The first-order chi connectivity index (χ1) is 14.7. The van der Waals surface area contributed by atoms with Crippen molar-refractivity contribution in [3.05, 3.63) is 48.0 Å². The van der Waals surface area contributed by atoms with E-state index in [0.717, 1.165) is 31.7 Å². The molecule has 0 saturated carbocycles. The van der Waals surface area contributed by atoms with Gasteiger partial charge in [0.2, 0.25) is 0 Å². The summed E-state index contributed by atoms with van der Waals surface area (Å²) in [5, 5.41) is 0.154. The van der Waals surface area contributed by atoms with Crippen LogP contribution in [0.2, 0.25) is 18.1 Å². The average molecular weight is 440 g/mol. The normalized spacial score (nSPS) is 17.3. The van der Waals surface area contributed by atoms with Gasteiger partial charge in [0.25, 0.3) is 8.32 Å². The molecule has 0 aromatic heterocycles. The summed E-state index contributed by atoms with van der Waals surface area (Å²) in [4.78, 5) is 2.55. The Balaban J connectivity index is 2.16. The van der Waals surface area contributed by atoms with E-state index in [2.05, 4.69) is 88.2 Å². The lowest BCUT2D eigenvalue weighted by molar-refractivity contribution is 0.181. The van der Waals surface area contributed by atoms with E-state index in [1.54, 1.807) is 0 Å². The summed E-state index contributed by atoms with van der Waals surface area (Å²) in [5.41, 5.74) is 5.11. The highest BCUT2D eigenvalue weighted by Crippen LogP contribution is 2.44. The molecule has 1 atom stereocenters. The standard InChI is InChI=1S/C27H41NO2Si/c1-8-13-22-18-24(28-17-12-16-23(28)20-29-5)19-25(21-14-10-9-11-15-21)26(22)30-31(6,7)27(2,3)4/h9-11,14-15,18-19,23H,8,12-13,16-17,20H2,1-7H3/t23-/m0/s1. The number of hydrogen-bond donors (Lipinski definition) is 0. The molecule has 1 saturated heterocycles. The fourth-order valence-electron chi connectivity index (χ4n) is 4.20. The van der Waals surface area contributed by atoms with Gasteiger partial charge in [0.1, 0.15) is 5.75 Å². The molecule has 0 aliphatic carbocycles. The molecule has 0 bridgehead atoms. The molecule has 3 rings (SSSR count). The predicted molar refractivity (Wildman–Crippen MR) is 136 cm³/mol. The molecular formula is C27H41NO2Si. The van der Waals surface area contributed by atoms with Crippen LogP contribution in [-0.2, 0) is 11.2 Å². The maximum atomic E-state index is 7.02. The smallest absolute Gasteiger partial charge is 0.250 e. The highest BCUT2D eigenvalue weighted by Gasteiger charge is 2.40. The molecule has 4 heteroatoms. The molecule has 1 aliphatic heterocycles. The van der Waals surface area contributed by atoms with Gasteiger partial charge in [0.05, 0.1) is 12.6 Å². The van der Waals surface area contributed by atoms with Crippen LogP contribution in [0.3, 0.4) is 0 Å². The monoisotopic (exact) mass is 439 g/mol. The number of anilines is 1. The van der Waals surface area contributed by atoms with Gasteiger partial charge in [0.15, 0.2) is 0 Å². The van der Waals surface area contributed by atoms with Crippen LogP contribution >= 0.6 is 0 Å². The number of hydrogen-bond acceptors (Lipinski definition) is 3. The van der Waals surface area contributed by atoms with Gasteiger partial charge < -0.3 is 14.1 Å². The number of ether oxygens (including phenoxy) is 1. The number of aryl methyl sites for hydroxylation is 1. The van der Waals surface area contributed by atoms with Crippen LogP contribution in [0, 0.1) is 0 Å². The molecule has 31 heavy (non-hydrogen) atoms. The van der Waals surface area contributed by atoms with Crippen LogP contribution in [0.4, 0.5) is 5.69 Å². The fraction of sp³-hybridized carbons (Fsp3) is 0.556. The van der Waals surface area contributed by atoms with E-state index in [4.69, 9.17) is 9.16 Å². The van der Waals surface area contributed by atoms with E-state index < -0.39 is 8.32 Å². The second-order valence-electron chi connectivity index (χ2n) is 10.4. The Kier molecular flexibility index (Phi) is 7.54. The minimum absolute atomic E-state index is 0.154. The quantitative estimate of drug-likeness (QED) is 0.403. The van der Waals surface area contributed by atoms with Crippen LogP contribution in [0.25, 0.3) is 11.1 Å². The maximum absolute atomic E-state index is 7.02. The second-order valence-corrected chi connectivity index (χ2v) is 15.1. The third-order valence-electron chi connectivity index (χ3n) is 6.99. The number of rotatable bonds is 8. The fourth-order valence-corrected chi connectivity index (χ4v) is 5.25. The van der Waals surface area contributed by atoms with Crippen molar-refractivity contribution in [3.63, 3.8) is 0 Å². The van der Waals surface area contributed by atoms with E-state index in [1.807, 2.05) is 7.11 Å². The summed E-state index contributed by atoms with van der Waals surface area (Å²) in [6.45, 7) is 15.8. The molecule has 3 nitrogen and oxygen atoms in total. The van der Waals surface area contributed by atoms with Crippen molar-refractivity contribution in [1.29, 1.82) is 0 Å². The summed E-state index contributed by atoms with van der Waals surface area (Å²) in [7, 11) is -0.169. The van der Waals surface area contributed by atoms with E-state index >= 15 is 0 Å². The first-order valence-corrected chi connectivity index (χ1v) is 14.8. The molecule has 0 unspecified atom stereocenters. The Bertz CT molecular complexity index is 858. The summed E-state index contributed by atoms with van der Waals surface area (Å²) in [6, 6.07) is 16.0. The van der Waals surface area contributed by atoms with Gasteiger partial charge in [-0.2, -0.15) is 0 Å². The topological polar surface area (TPSA) is 21.7 Å². The molecule has 0 radical (unpaired) electrons. The third kappa shape index (κ3) is 5.35. The Morgan fingerprint density at radius 1 is 1.10 bits per heavy atom. The van der Waals surface area contributed by atoms with Crippen LogP contribution in [0.1, 0.15) is 52.5 Å². The third-order valence-corrected chi connectivity index (χ3v) is 11.3. The largest absolute Gasteiger partial charge is 0.543 e. The molecule has 2 aromatic rings. The zero-order chi connectivity index (χ0) is 22.6. The van der Waals surface area contributed by atoms with Crippen molar-refractivity contribution in [2.75, 3.05) is 25.2 Å². The first kappa shape index (κ1) is 23.9. The molecule has 0 spiro atoms. The Labute approximate surface area is 190 Å². The molecule has 0 amide bonds. The number of benzene rings is 2. The van der Waals surface area contributed by atoms with Gasteiger partial charge in [-0.15, -0.1) is 0 Å².